The summed E-state index contributed by atoms with van der Waals surface area (Å²) in [6.07, 6.45) is 5.69. The van der Waals surface area contributed by atoms with E-state index >= 15 is 0 Å². The van der Waals surface area contributed by atoms with Crippen molar-refractivity contribution in [1.29, 1.82) is 0 Å². The molecule has 0 saturated heterocycles. The predicted octanol–water partition coefficient (Wildman–Crippen LogP) is 3.22. The average molecular weight is 232 g/mol. The van der Waals surface area contributed by atoms with E-state index < -0.39 is 0 Å². The fraction of sp³-hybridized carbons (Fsp3) is 0.0833. The van der Waals surface area contributed by atoms with Crippen molar-refractivity contribution in [2.45, 2.75) is 0 Å². The molecule has 3 aromatic rings. The smallest absolute Gasteiger partial charge is 0.0568 e. The average Bonchev–Trinajstić information content (AvgIpc) is 2.84. The molecule has 0 aliphatic heterocycles. The quantitative estimate of drug-likeness (QED) is 0.686. The van der Waals surface area contributed by atoms with Gasteiger partial charge in [0.25, 0.3) is 0 Å². The molecule has 3 nitrogen and oxygen atoms in total. The number of benzene rings is 1. The van der Waals surface area contributed by atoms with Crippen LogP contribution in [-0.4, -0.2) is 14.8 Å². The van der Waals surface area contributed by atoms with Crippen molar-refractivity contribution in [3.8, 4) is 11.1 Å². The summed E-state index contributed by atoms with van der Waals surface area (Å²) in [6.45, 7) is 0. The number of hydrogen-bond acceptors (Lipinski definition) is 1. The number of halogens is 1. The molecule has 16 heavy (non-hydrogen) atoms. The predicted molar refractivity (Wildman–Crippen MR) is 65.5 cm³/mol. The maximum atomic E-state index is 6.25. The SMILES string of the molecule is Cn1cc(-c2cc3cc[nH]c3cc2Cl)cn1. The van der Waals surface area contributed by atoms with Crippen molar-refractivity contribution >= 4 is 22.5 Å². The Balaban J connectivity index is 2.26. The van der Waals surface area contributed by atoms with Crippen molar-refractivity contribution in [3.05, 3.63) is 41.8 Å². The molecular weight excluding hydrogens is 222 g/mol. The first-order chi connectivity index (χ1) is 7.74. The highest BCUT2D eigenvalue weighted by Crippen LogP contribution is 2.31. The third kappa shape index (κ3) is 1.41. The molecule has 0 unspecified atom stereocenters. The second kappa shape index (κ2) is 3.39. The van der Waals surface area contributed by atoms with E-state index in [2.05, 4.69) is 16.1 Å². The molecular formula is C12H10ClN3. The van der Waals surface area contributed by atoms with E-state index in [9.17, 15) is 0 Å². The van der Waals surface area contributed by atoms with Gasteiger partial charge >= 0.3 is 0 Å². The highest BCUT2D eigenvalue weighted by Gasteiger charge is 2.07. The van der Waals surface area contributed by atoms with Gasteiger partial charge in [0, 0.05) is 41.5 Å². The first-order valence-corrected chi connectivity index (χ1v) is 5.37. The largest absolute Gasteiger partial charge is 0.361 e. The first-order valence-electron chi connectivity index (χ1n) is 5.00. The molecule has 0 radical (unpaired) electrons. The van der Waals surface area contributed by atoms with E-state index in [0.29, 0.717) is 0 Å². The first kappa shape index (κ1) is 9.48. The number of aromatic amines is 1. The lowest BCUT2D eigenvalue weighted by Crippen LogP contribution is -1.84. The number of H-pyrrole nitrogens is 1. The maximum absolute atomic E-state index is 6.25. The maximum Gasteiger partial charge on any atom is 0.0568 e. The summed E-state index contributed by atoms with van der Waals surface area (Å²) < 4.78 is 1.77. The number of nitrogens with zero attached hydrogens (tertiary/aromatic N) is 2. The van der Waals surface area contributed by atoms with Gasteiger partial charge < -0.3 is 4.98 Å². The summed E-state index contributed by atoms with van der Waals surface area (Å²) in [5.41, 5.74) is 3.11. The minimum atomic E-state index is 0.739. The number of fused-ring (bicyclic) bond motifs is 1. The van der Waals surface area contributed by atoms with Crippen LogP contribution in [0.2, 0.25) is 5.02 Å². The van der Waals surface area contributed by atoms with E-state index in [4.69, 9.17) is 11.6 Å². The van der Waals surface area contributed by atoms with Crippen molar-refractivity contribution in [1.82, 2.24) is 14.8 Å². The Hall–Kier alpha value is -1.74. The van der Waals surface area contributed by atoms with Crippen LogP contribution in [0.25, 0.3) is 22.0 Å². The molecule has 0 fully saturated rings. The molecule has 4 heteroatoms. The van der Waals surface area contributed by atoms with E-state index in [1.165, 1.54) is 0 Å². The van der Waals surface area contributed by atoms with Crippen molar-refractivity contribution in [2.75, 3.05) is 0 Å². The van der Waals surface area contributed by atoms with Crippen molar-refractivity contribution < 1.29 is 0 Å². The van der Waals surface area contributed by atoms with Gasteiger partial charge in [-0.3, -0.25) is 4.68 Å². The van der Waals surface area contributed by atoms with Gasteiger partial charge in [0.2, 0.25) is 0 Å². The van der Waals surface area contributed by atoms with Gasteiger partial charge in [0.1, 0.15) is 0 Å². The molecule has 2 heterocycles. The summed E-state index contributed by atoms with van der Waals surface area (Å²) in [7, 11) is 1.90. The highest BCUT2D eigenvalue weighted by molar-refractivity contribution is 6.34. The molecule has 3 rings (SSSR count). The third-order valence-corrected chi connectivity index (χ3v) is 2.97. The van der Waals surface area contributed by atoms with E-state index in [0.717, 1.165) is 27.1 Å². The zero-order valence-electron chi connectivity index (χ0n) is 8.74. The minimum Gasteiger partial charge on any atom is -0.361 e. The Labute approximate surface area is 97.7 Å². The van der Waals surface area contributed by atoms with Crippen LogP contribution in [-0.2, 0) is 7.05 Å². The summed E-state index contributed by atoms with van der Waals surface area (Å²) in [4.78, 5) is 3.14. The molecule has 0 aliphatic rings. The normalized spacial score (nSPS) is 11.1. The second-order valence-electron chi connectivity index (χ2n) is 3.80. The zero-order chi connectivity index (χ0) is 11.1. The van der Waals surface area contributed by atoms with Gasteiger partial charge in [0.15, 0.2) is 0 Å². The molecule has 1 aromatic carbocycles. The van der Waals surface area contributed by atoms with Gasteiger partial charge in [-0.2, -0.15) is 5.10 Å². The zero-order valence-corrected chi connectivity index (χ0v) is 9.49. The van der Waals surface area contributed by atoms with Crippen LogP contribution < -0.4 is 0 Å². The minimum absolute atomic E-state index is 0.739. The molecule has 80 valence electrons. The van der Waals surface area contributed by atoms with Gasteiger partial charge in [-0.05, 0) is 18.2 Å². The van der Waals surface area contributed by atoms with Gasteiger partial charge in [-0.1, -0.05) is 11.6 Å². The summed E-state index contributed by atoms with van der Waals surface area (Å²) in [5.74, 6) is 0. The fourth-order valence-electron chi connectivity index (χ4n) is 1.86. The van der Waals surface area contributed by atoms with E-state index in [-0.39, 0.29) is 0 Å². The Morgan fingerprint density at radius 3 is 3.00 bits per heavy atom. The van der Waals surface area contributed by atoms with Crippen LogP contribution in [0.15, 0.2) is 36.8 Å². The Morgan fingerprint density at radius 2 is 2.25 bits per heavy atom. The molecule has 0 bridgehead atoms. The molecule has 0 spiro atoms. The van der Waals surface area contributed by atoms with Crippen molar-refractivity contribution in [2.24, 2.45) is 7.05 Å². The number of aryl methyl sites for hydroxylation is 1. The summed E-state index contributed by atoms with van der Waals surface area (Å²) >= 11 is 6.25. The number of rotatable bonds is 1. The number of aromatic nitrogens is 3. The Morgan fingerprint density at radius 1 is 1.38 bits per heavy atom. The van der Waals surface area contributed by atoms with Crippen LogP contribution in [0.3, 0.4) is 0 Å². The molecule has 1 N–H and O–H groups in total. The molecule has 0 saturated carbocycles. The third-order valence-electron chi connectivity index (χ3n) is 2.66. The monoisotopic (exact) mass is 231 g/mol. The molecule has 0 atom stereocenters. The Kier molecular flexibility index (Phi) is 2.01. The van der Waals surface area contributed by atoms with Crippen LogP contribution in [0.1, 0.15) is 0 Å². The molecule has 0 aliphatic carbocycles. The fourth-order valence-corrected chi connectivity index (χ4v) is 2.13. The van der Waals surface area contributed by atoms with Gasteiger partial charge in [-0.25, -0.2) is 0 Å². The highest BCUT2D eigenvalue weighted by atomic mass is 35.5. The standard InChI is InChI=1S/C12H10ClN3/c1-16-7-9(6-15-16)10-4-8-2-3-14-12(8)5-11(10)13/h2-7,14H,1H3. The summed E-state index contributed by atoms with van der Waals surface area (Å²) in [6, 6.07) is 6.05. The molecule has 2 aromatic heterocycles. The second-order valence-corrected chi connectivity index (χ2v) is 4.21. The van der Waals surface area contributed by atoms with Crippen LogP contribution in [0.4, 0.5) is 0 Å². The number of hydrogen-bond donors (Lipinski definition) is 1. The van der Waals surface area contributed by atoms with Crippen LogP contribution >= 0.6 is 11.6 Å². The van der Waals surface area contributed by atoms with E-state index in [1.54, 1.807) is 4.68 Å². The lowest BCUT2D eigenvalue weighted by molar-refractivity contribution is 0.768. The van der Waals surface area contributed by atoms with Crippen molar-refractivity contribution in [3.63, 3.8) is 0 Å². The topological polar surface area (TPSA) is 33.6 Å². The number of nitrogens with one attached hydrogen (secondary N) is 1. The Bertz CT molecular complexity index is 651. The summed E-state index contributed by atoms with van der Waals surface area (Å²) in [5, 5.41) is 6.05. The lowest BCUT2D eigenvalue weighted by atomic mass is 10.1. The van der Waals surface area contributed by atoms with Gasteiger partial charge in [0.05, 0.1) is 11.2 Å². The lowest BCUT2D eigenvalue weighted by Gasteiger charge is -2.01. The van der Waals surface area contributed by atoms with Crippen LogP contribution in [0.5, 0.6) is 0 Å². The van der Waals surface area contributed by atoms with Crippen LogP contribution in [0, 0.1) is 0 Å². The van der Waals surface area contributed by atoms with Gasteiger partial charge in [-0.15, -0.1) is 0 Å². The van der Waals surface area contributed by atoms with E-state index in [1.807, 2.05) is 37.8 Å². The molecule has 0 amide bonds.